The molecule has 1 heterocycles. The van der Waals surface area contributed by atoms with Gasteiger partial charge in [0, 0.05) is 18.0 Å². The number of fused-ring (bicyclic) bond motifs is 1. The van der Waals surface area contributed by atoms with E-state index in [0.29, 0.717) is 12.0 Å². The molecule has 1 N–H and O–H groups in total. The minimum absolute atomic E-state index is 0.496. The van der Waals surface area contributed by atoms with E-state index in [4.69, 9.17) is 9.72 Å². The molecule has 3 nitrogen and oxygen atoms in total. The van der Waals surface area contributed by atoms with Crippen molar-refractivity contribution in [2.75, 3.05) is 7.11 Å². The highest BCUT2D eigenvalue weighted by Crippen LogP contribution is 2.23. The summed E-state index contributed by atoms with van der Waals surface area (Å²) in [7, 11) is 1.69. The number of nitrogens with zero attached hydrogens (tertiary/aromatic N) is 1. The highest BCUT2D eigenvalue weighted by molar-refractivity contribution is 5.84. The molecule has 0 spiro atoms. The van der Waals surface area contributed by atoms with Crippen molar-refractivity contribution >= 4 is 10.9 Å². The van der Waals surface area contributed by atoms with E-state index in [2.05, 4.69) is 44.3 Å². The van der Waals surface area contributed by atoms with Crippen molar-refractivity contribution in [1.29, 1.82) is 0 Å². The van der Waals surface area contributed by atoms with Gasteiger partial charge in [0.1, 0.15) is 11.3 Å². The molecule has 0 aliphatic heterocycles. The Hall–Kier alpha value is -1.61. The van der Waals surface area contributed by atoms with Crippen LogP contribution < -0.4 is 10.1 Å². The van der Waals surface area contributed by atoms with Crippen LogP contribution in [0, 0.1) is 5.92 Å². The maximum absolute atomic E-state index is 5.38. The second-order valence-electron chi connectivity index (χ2n) is 5.39. The van der Waals surface area contributed by atoms with E-state index in [0.717, 1.165) is 28.9 Å². The van der Waals surface area contributed by atoms with E-state index in [9.17, 15) is 0 Å². The molecule has 0 saturated carbocycles. The Balaban J connectivity index is 2.15. The summed E-state index contributed by atoms with van der Waals surface area (Å²) >= 11 is 0. The zero-order valence-corrected chi connectivity index (χ0v) is 12.8. The zero-order valence-electron chi connectivity index (χ0n) is 12.8. The average molecular weight is 272 g/mol. The first kappa shape index (κ1) is 14.8. The first-order chi connectivity index (χ1) is 9.65. The number of ether oxygens (including phenoxy) is 1. The molecule has 2 unspecified atom stereocenters. The summed E-state index contributed by atoms with van der Waals surface area (Å²) in [5.74, 6) is 1.50. The standard InChI is InChI=1S/C17H24N2O/c1-5-12(2)13(3)18-11-15-10-9-14-7-6-8-16(20-4)17(14)19-15/h6-10,12-13,18H,5,11H2,1-4H3. The van der Waals surface area contributed by atoms with Crippen LogP contribution in [-0.4, -0.2) is 18.1 Å². The molecule has 0 saturated heterocycles. The van der Waals surface area contributed by atoms with Crippen molar-refractivity contribution in [1.82, 2.24) is 10.3 Å². The van der Waals surface area contributed by atoms with Crippen LogP contribution in [0.4, 0.5) is 0 Å². The van der Waals surface area contributed by atoms with E-state index in [1.165, 1.54) is 6.42 Å². The highest BCUT2D eigenvalue weighted by atomic mass is 16.5. The largest absolute Gasteiger partial charge is 0.494 e. The summed E-state index contributed by atoms with van der Waals surface area (Å²) in [5, 5.41) is 4.66. The number of pyridine rings is 1. The maximum Gasteiger partial charge on any atom is 0.145 e. The predicted molar refractivity (Wildman–Crippen MR) is 84.1 cm³/mol. The van der Waals surface area contributed by atoms with Crippen LogP contribution in [0.2, 0.25) is 0 Å². The monoisotopic (exact) mass is 272 g/mol. The third-order valence-corrected chi connectivity index (χ3v) is 4.06. The smallest absolute Gasteiger partial charge is 0.145 e. The second-order valence-corrected chi connectivity index (χ2v) is 5.39. The van der Waals surface area contributed by atoms with Gasteiger partial charge in [0.2, 0.25) is 0 Å². The molecule has 3 heteroatoms. The van der Waals surface area contributed by atoms with E-state index in [1.54, 1.807) is 7.11 Å². The van der Waals surface area contributed by atoms with Gasteiger partial charge in [-0.1, -0.05) is 38.5 Å². The van der Waals surface area contributed by atoms with Crippen LogP contribution in [0.3, 0.4) is 0 Å². The highest BCUT2D eigenvalue weighted by Gasteiger charge is 2.10. The molecule has 0 aliphatic rings. The fraction of sp³-hybridized carbons (Fsp3) is 0.471. The van der Waals surface area contributed by atoms with Crippen molar-refractivity contribution in [3.05, 3.63) is 36.0 Å². The van der Waals surface area contributed by atoms with Crippen LogP contribution in [-0.2, 0) is 6.54 Å². The van der Waals surface area contributed by atoms with Gasteiger partial charge in [-0.2, -0.15) is 0 Å². The van der Waals surface area contributed by atoms with Gasteiger partial charge in [0.05, 0.1) is 12.8 Å². The minimum Gasteiger partial charge on any atom is -0.494 e. The Morgan fingerprint density at radius 3 is 2.70 bits per heavy atom. The second kappa shape index (κ2) is 6.71. The number of nitrogens with one attached hydrogen (secondary N) is 1. The Labute approximate surface area is 121 Å². The fourth-order valence-corrected chi connectivity index (χ4v) is 2.24. The van der Waals surface area contributed by atoms with Crippen molar-refractivity contribution in [3.63, 3.8) is 0 Å². The number of para-hydroxylation sites is 1. The number of hydrogen-bond donors (Lipinski definition) is 1. The summed E-state index contributed by atoms with van der Waals surface area (Å²) in [6.45, 7) is 7.52. The topological polar surface area (TPSA) is 34.1 Å². The number of methoxy groups -OCH3 is 1. The molecule has 2 atom stereocenters. The molecular weight excluding hydrogens is 248 g/mol. The third kappa shape index (κ3) is 3.28. The number of hydrogen-bond acceptors (Lipinski definition) is 3. The van der Waals surface area contributed by atoms with Crippen LogP contribution in [0.25, 0.3) is 10.9 Å². The lowest BCUT2D eigenvalue weighted by atomic mass is 10.0. The Morgan fingerprint density at radius 1 is 1.20 bits per heavy atom. The van der Waals surface area contributed by atoms with Gasteiger partial charge in [-0.15, -0.1) is 0 Å². The molecule has 2 rings (SSSR count). The molecule has 0 fully saturated rings. The lowest BCUT2D eigenvalue weighted by molar-refractivity contribution is 0.388. The quantitative estimate of drug-likeness (QED) is 0.869. The fourth-order valence-electron chi connectivity index (χ4n) is 2.24. The van der Waals surface area contributed by atoms with Gasteiger partial charge in [-0.05, 0) is 25.0 Å². The number of rotatable bonds is 6. The van der Waals surface area contributed by atoms with E-state index in [1.807, 2.05) is 12.1 Å². The molecule has 20 heavy (non-hydrogen) atoms. The molecule has 2 aromatic rings. The Kier molecular flexibility index (Phi) is 4.96. The van der Waals surface area contributed by atoms with Gasteiger partial charge >= 0.3 is 0 Å². The average Bonchev–Trinajstić information content (AvgIpc) is 2.50. The molecule has 0 bridgehead atoms. The molecule has 0 aliphatic carbocycles. The minimum atomic E-state index is 0.496. The summed E-state index contributed by atoms with van der Waals surface area (Å²) in [5.41, 5.74) is 1.99. The Bertz CT molecular complexity index is 568. The van der Waals surface area contributed by atoms with E-state index in [-0.39, 0.29) is 0 Å². The van der Waals surface area contributed by atoms with Gasteiger partial charge < -0.3 is 10.1 Å². The summed E-state index contributed by atoms with van der Waals surface area (Å²) < 4.78 is 5.38. The third-order valence-electron chi connectivity index (χ3n) is 4.06. The first-order valence-electron chi connectivity index (χ1n) is 7.31. The summed E-state index contributed by atoms with van der Waals surface area (Å²) in [4.78, 5) is 4.72. The number of aromatic nitrogens is 1. The molecule has 108 valence electrons. The maximum atomic E-state index is 5.38. The normalized spacial score (nSPS) is 14.2. The van der Waals surface area contributed by atoms with Gasteiger partial charge in [0.25, 0.3) is 0 Å². The van der Waals surface area contributed by atoms with Crippen LogP contribution >= 0.6 is 0 Å². The van der Waals surface area contributed by atoms with Crippen LogP contribution in [0.15, 0.2) is 30.3 Å². The van der Waals surface area contributed by atoms with Gasteiger partial charge in [-0.25, -0.2) is 4.98 Å². The zero-order chi connectivity index (χ0) is 14.5. The summed E-state index contributed by atoms with van der Waals surface area (Å²) in [6, 6.07) is 10.7. The van der Waals surface area contributed by atoms with Crippen molar-refractivity contribution in [2.45, 2.75) is 39.8 Å². The van der Waals surface area contributed by atoms with Crippen LogP contribution in [0.1, 0.15) is 32.9 Å². The molecule has 0 radical (unpaired) electrons. The van der Waals surface area contributed by atoms with E-state index >= 15 is 0 Å². The molecular formula is C17H24N2O. The number of benzene rings is 1. The van der Waals surface area contributed by atoms with E-state index < -0.39 is 0 Å². The molecule has 1 aromatic carbocycles. The molecule has 0 amide bonds. The SMILES string of the molecule is CCC(C)C(C)NCc1ccc2cccc(OC)c2n1. The van der Waals surface area contributed by atoms with Gasteiger partial charge in [0.15, 0.2) is 0 Å². The predicted octanol–water partition coefficient (Wildman–Crippen LogP) is 3.77. The van der Waals surface area contributed by atoms with Gasteiger partial charge in [-0.3, -0.25) is 0 Å². The van der Waals surface area contributed by atoms with Crippen molar-refractivity contribution in [3.8, 4) is 5.75 Å². The lowest BCUT2D eigenvalue weighted by Crippen LogP contribution is -2.31. The first-order valence-corrected chi connectivity index (χ1v) is 7.31. The summed E-state index contributed by atoms with van der Waals surface area (Å²) in [6.07, 6.45) is 1.19. The van der Waals surface area contributed by atoms with Crippen molar-refractivity contribution in [2.24, 2.45) is 5.92 Å². The molecule has 1 aromatic heterocycles. The van der Waals surface area contributed by atoms with Crippen molar-refractivity contribution < 1.29 is 4.74 Å². The lowest BCUT2D eigenvalue weighted by Gasteiger charge is -2.19. The Morgan fingerprint density at radius 2 is 2.00 bits per heavy atom. The van der Waals surface area contributed by atoms with Crippen LogP contribution in [0.5, 0.6) is 5.75 Å².